The molecule has 0 aromatic carbocycles. The molecule has 1 nitrogen and oxygen atoms in total. The van der Waals surface area contributed by atoms with Crippen LogP contribution >= 0.6 is 0 Å². The van der Waals surface area contributed by atoms with Gasteiger partial charge in [0.1, 0.15) is 0 Å². The summed E-state index contributed by atoms with van der Waals surface area (Å²) in [6.45, 7) is 4.53. The summed E-state index contributed by atoms with van der Waals surface area (Å²) in [5.41, 5.74) is 1.32. The lowest BCUT2D eigenvalue weighted by atomic mass is 10.0. The van der Waals surface area contributed by atoms with Crippen molar-refractivity contribution in [3.8, 4) is 0 Å². The Labute approximate surface area is 68.4 Å². The maximum absolute atomic E-state index is 4.98. The Morgan fingerprint density at radius 1 is 1.55 bits per heavy atom. The average molecular weight is 152 g/mol. The van der Waals surface area contributed by atoms with Gasteiger partial charge in [-0.05, 0) is 30.4 Å². The van der Waals surface area contributed by atoms with E-state index in [0.717, 1.165) is 12.3 Å². The molecular weight excluding hydrogens is 136 g/mol. The standard InChI is InChI=1S/C10H16O/c1-3-9(2)4-5-10-6-7-11-8-10/h6-9H,3-5H2,1-2H3. The highest BCUT2D eigenvalue weighted by atomic mass is 16.3. The van der Waals surface area contributed by atoms with E-state index in [1.54, 1.807) is 6.26 Å². The molecule has 1 rings (SSSR count). The molecule has 0 radical (unpaired) electrons. The van der Waals surface area contributed by atoms with E-state index in [-0.39, 0.29) is 0 Å². The van der Waals surface area contributed by atoms with Crippen LogP contribution in [-0.2, 0) is 6.42 Å². The van der Waals surface area contributed by atoms with Gasteiger partial charge in [0.05, 0.1) is 12.5 Å². The van der Waals surface area contributed by atoms with Crippen molar-refractivity contribution < 1.29 is 4.42 Å². The van der Waals surface area contributed by atoms with Crippen LogP contribution in [0.5, 0.6) is 0 Å². The monoisotopic (exact) mass is 152 g/mol. The second kappa shape index (κ2) is 4.22. The van der Waals surface area contributed by atoms with Crippen molar-refractivity contribution in [2.24, 2.45) is 5.92 Å². The van der Waals surface area contributed by atoms with Crippen LogP contribution in [0.3, 0.4) is 0 Å². The van der Waals surface area contributed by atoms with Crippen LogP contribution in [0.25, 0.3) is 0 Å². The third-order valence-corrected chi connectivity index (χ3v) is 2.20. The molecule has 0 spiro atoms. The molecule has 1 aromatic heterocycles. The van der Waals surface area contributed by atoms with Gasteiger partial charge in [-0.25, -0.2) is 0 Å². The van der Waals surface area contributed by atoms with Crippen molar-refractivity contribution in [3.05, 3.63) is 24.2 Å². The van der Waals surface area contributed by atoms with Gasteiger partial charge in [0.15, 0.2) is 0 Å². The minimum atomic E-state index is 0.838. The molecule has 1 aromatic rings. The van der Waals surface area contributed by atoms with Gasteiger partial charge >= 0.3 is 0 Å². The maximum Gasteiger partial charge on any atom is 0.0934 e. The Bertz CT molecular complexity index is 177. The largest absolute Gasteiger partial charge is 0.472 e. The second-order valence-electron chi connectivity index (χ2n) is 3.18. The molecule has 11 heavy (non-hydrogen) atoms. The van der Waals surface area contributed by atoms with E-state index in [0.29, 0.717) is 0 Å². The fourth-order valence-electron chi connectivity index (χ4n) is 1.05. The summed E-state index contributed by atoms with van der Waals surface area (Å²) < 4.78 is 4.98. The molecule has 1 heterocycles. The van der Waals surface area contributed by atoms with Crippen molar-refractivity contribution in [2.45, 2.75) is 33.1 Å². The lowest BCUT2D eigenvalue weighted by Crippen LogP contribution is -1.93. The van der Waals surface area contributed by atoms with Gasteiger partial charge in [0, 0.05) is 0 Å². The highest BCUT2D eigenvalue weighted by molar-refractivity contribution is 5.04. The Morgan fingerprint density at radius 3 is 2.91 bits per heavy atom. The zero-order chi connectivity index (χ0) is 8.10. The third kappa shape index (κ3) is 2.79. The molecule has 62 valence electrons. The number of hydrogen-bond donors (Lipinski definition) is 0. The Balaban J connectivity index is 2.23. The summed E-state index contributed by atoms with van der Waals surface area (Å²) in [5.74, 6) is 0.838. The van der Waals surface area contributed by atoms with Crippen LogP contribution in [0.1, 0.15) is 32.3 Å². The van der Waals surface area contributed by atoms with E-state index >= 15 is 0 Å². The highest BCUT2D eigenvalue weighted by Gasteiger charge is 1.99. The first kappa shape index (κ1) is 8.38. The van der Waals surface area contributed by atoms with Gasteiger partial charge in [-0.15, -0.1) is 0 Å². The quantitative estimate of drug-likeness (QED) is 0.645. The van der Waals surface area contributed by atoms with Crippen molar-refractivity contribution >= 4 is 0 Å². The van der Waals surface area contributed by atoms with E-state index in [4.69, 9.17) is 4.42 Å². The Morgan fingerprint density at radius 2 is 2.36 bits per heavy atom. The first-order valence-electron chi connectivity index (χ1n) is 4.34. The molecule has 0 aliphatic rings. The smallest absolute Gasteiger partial charge is 0.0934 e. The molecule has 1 atom stereocenters. The number of hydrogen-bond acceptors (Lipinski definition) is 1. The summed E-state index contributed by atoms with van der Waals surface area (Å²) in [5, 5.41) is 0. The zero-order valence-corrected chi connectivity index (χ0v) is 7.34. The Kier molecular flexibility index (Phi) is 3.21. The molecule has 1 unspecified atom stereocenters. The van der Waals surface area contributed by atoms with Crippen LogP contribution < -0.4 is 0 Å². The average Bonchev–Trinajstić information content (AvgIpc) is 2.52. The molecule has 0 aliphatic heterocycles. The van der Waals surface area contributed by atoms with Crippen LogP contribution in [-0.4, -0.2) is 0 Å². The topological polar surface area (TPSA) is 13.1 Å². The van der Waals surface area contributed by atoms with Gasteiger partial charge < -0.3 is 4.42 Å². The number of furan rings is 1. The first-order chi connectivity index (χ1) is 5.33. The SMILES string of the molecule is CCC(C)CCc1ccoc1. The summed E-state index contributed by atoms with van der Waals surface area (Å²) in [4.78, 5) is 0. The van der Waals surface area contributed by atoms with Gasteiger partial charge in [0.25, 0.3) is 0 Å². The molecule has 0 aliphatic carbocycles. The minimum Gasteiger partial charge on any atom is -0.472 e. The fraction of sp³-hybridized carbons (Fsp3) is 0.600. The summed E-state index contributed by atoms with van der Waals surface area (Å²) >= 11 is 0. The van der Waals surface area contributed by atoms with Crippen LogP contribution in [0.15, 0.2) is 23.0 Å². The van der Waals surface area contributed by atoms with Crippen molar-refractivity contribution in [1.82, 2.24) is 0 Å². The van der Waals surface area contributed by atoms with Crippen molar-refractivity contribution in [1.29, 1.82) is 0 Å². The van der Waals surface area contributed by atoms with Gasteiger partial charge in [0.2, 0.25) is 0 Å². The van der Waals surface area contributed by atoms with Gasteiger partial charge in [-0.1, -0.05) is 20.3 Å². The van der Waals surface area contributed by atoms with Crippen LogP contribution in [0, 0.1) is 5.92 Å². The third-order valence-electron chi connectivity index (χ3n) is 2.20. The van der Waals surface area contributed by atoms with E-state index in [1.807, 2.05) is 12.3 Å². The Hall–Kier alpha value is -0.720. The fourth-order valence-corrected chi connectivity index (χ4v) is 1.05. The predicted octanol–water partition coefficient (Wildman–Crippen LogP) is 3.26. The highest BCUT2D eigenvalue weighted by Crippen LogP contribution is 2.11. The van der Waals surface area contributed by atoms with E-state index in [9.17, 15) is 0 Å². The minimum absolute atomic E-state index is 0.838. The molecule has 0 saturated heterocycles. The van der Waals surface area contributed by atoms with E-state index < -0.39 is 0 Å². The summed E-state index contributed by atoms with van der Waals surface area (Å²) in [6.07, 6.45) is 7.29. The molecule has 1 heteroatoms. The van der Waals surface area contributed by atoms with Crippen LogP contribution in [0.2, 0.25) is 0 Å². The zero-order valence-electron chi connectivity index (χ0n) is 7.34. The van der Waals surface area contributed by atoms with Gasteiger partial charge in [-0.2, -0.15) is 0 Å². The molecule has 0 saturated carbocycles. The number of aryl methyl sites for hydroxylation is 1. The molecule has 0 bridgehead atoms. The summed E-state index contributed by atoms with van der Waals surface area (Å²) in [7, 11) is 0. The van der Waals surface area contributed by atoms with E-state index in [1.165, 1.54) is 18.4 Å². The molecule has 0 N–H and O–H groups in total. The molecular formula is C10H16O. The predicted molar refractivity (Wildman–Crippen MR) is 46.5 cm³/mol. The van der Waals surface area contributed by atoms with Crippen molar-refractivity contribution in [3.63, 3.8) is 0 Å². The normalized spacial score (nSPS) is 13.3. The first-order valence-corrected chi connectivity index (χ1v) is 4.34. The van der Waals surface area contributed by atoms with Crippen LogP contribution in [0.4, 0.5) is 0 Å². The lowest BCUT2D eigenvalue weighted by molar-refractivity contribution is 0.512. The maximum atomic E-state index is 4.98. The second-order valence-corrected chi connectivity index (χ2v) is 3.18. The van der Waals surface area contributed by atoms with Crippen molar-refractivity contribution in [2.75, 3.05) is 0 Å². The lowest BCUT2D eigenvalue weighted by Gasteiger charge is -2.05. The van der Waals surface area contributed by atoms with E-state index in [2.05, 4.69) is 13.8 Å². The van der Waals surface area contributed by atoms with Gasteiger partial charge in [-0.3, -0.25) is 0 Å². The molecule has 0 amide bonds. The summed E-state index contributed by atoms with van der Waals surface area (Å²) in [6, 6.07) is 2.04. The number of rotatable bonds is 4. The molecule has 0 fully saturated rings.